The molecule has 8 heteroatoms. The number of nitrogens with two attached hydrogens (primary N) is 1. The van der Waals surface area contributed by atoms with Gasteiger partial charge in [-0.15, -0.1) is 0 Å². The first-order valence-electron chi connectivity index (χ1n) is 12.4. The molecule has 0 bridgehead atoms. The largest absolute Gasteiger partial charge is 0.415 e. The van der Waals surface area contributed by atoms with Gasteiger partial charge in [0.2, 0.25) is 5.95 Å². The Hall–Kier alpha value is -1.90. The molecule has 0 atom stereocenters. The molecule has 1 amide bonds. The number of hydrogen-bond donors (Lipinski definition) is 1. The van der Waals surface area contributed by atoms with Crippen LogP contribution in [0.5, 0.6) is 0 Å². The topological polar surface area (TPSA) is 82.6 Å². The van der Waals surface area contributed by atoms with Crippen molar-refractivity contribution in [1.82, 2.24) is 9.55 Å². The molecule has 2 fully saturated rings. The third-order valence-electron chi connectivity index (χ3n) is 7.84. The number of rotatable bonds is 9. The Balaban J connectivity index is 1.55. The summed E-state index contributed by atoms with van der Waals surface area (Å²) in [6.07, 6.45) is 2.32. The van der Waals surface area contributed by atoms with E-state index < -0.39 is 8.32 Å². The Morgan fingerprint density at radius 2 is 1.82 bits per heavy atom. The van der Waals surface area contributed by atoms with Gasteiger partial charge in [-0.2, -0.15) is 0 Å². The summed E-state index contributed by atoms with van der Waals surface area (Å²) in [6.45, 7) is 16.9. The maximum atomic E-state index is 12.2. The quantitative estimate of drug-likeness (QED) is 0.522. The van der Waals surface area contributed by atoms with Crippen molar-refractivity contribution >= 4 is 36.9 Å². The van der Waals surface area contributed by atoms with Crippen LogP contribution in [0, 0.1) is 5.41 Å². The van der Waals surface area contributed by atoms with E-state index in [4.69, 9.17) is 14.9 Å². The SMILES string of the molecule is CC(C)[Si](OCC1(Cn2c(N)nc3cc(N4CCOCC4=O)ccc32)CC1)(C(C)C)C(C)C. The zero-order chi connectivity index (χ0) is 24.0. The number of ether oxygens (including phenoxy) is 1. The van der Waals surface area contributed by atoms with Gasteiger partial charge in [0.05, 0.1) is 17.6 Å². The summed E-state index contributed by atoms with van der Waals surface area (Å²) in [5, 5.41) is 0. The fourth-order valence-electron chi connectivity index (χ4n) is 5.90. The molecule has 2 aliphatic rings. The highest BCUT2D eigenvalue weighted by atomic mass is 28.4. The van der Waals surface area contributed by atoms with Crippen LogP contribution in [-0.4, -0.2) is 50.1 Å². The molecule has 182 valence electrons. The van der Waals surface area contributed by atoms with E-state index in [1.807, 2.05) is 18.2 Å². The van der Waals surface area contributed by atoms with Crippen LogP contribution >= 0.6 is 0 Å². The number of carbonyl (C=O) groups excluding carboxylic acids is 1. The van der Waals surface area contributed by atoms with Gasteiger partial charge < -0.3 is 24.4 Å². The summed E-state index contributed by atoms with van der Waals surface area (Å²) < 4.78 is 14.4. The van der Waals surface area contributed by atoms with Gasteiger partial charge in [-0.05, 0) is 47.7 Å². The van der Waals surface area contributed by atoms with Crippen molar-refractivity contribution in [1.29, 1.82) is 0 Å². The minimum Gasteiger partial charge on any atom is -0.415 e. The number of benzene rings is 1. The van der Waals surface area contributed by atoms with Crippen LogP contribution in [0.4, 0.5) is 11.6 Å². The molecule has 1 saturated carbocycles. The lowest BCUT2D eigenvalue weighted by Crippen LogP contribution is -2.49. The zero-order valence-corrected chi connectivity index (χ0v) is 22.1. The van der Waals surface area contributed by atoms with Crippen molar-refractivity contribution in [3.8, 4) is 0 Å². The lowest BCUT2D eigenvalue weighted by atomic mass is 10.1. The molecule has 4 rings (SSSR count). The zero-order valence-electron chi connectivity index (χ0n) is 21.1. The smallest absolute Gasteiger partial charge is 0.253 e. The standard InChI is InChI=1S/C25H40N4O3Si/c1-17(2)33(18(3)4,19(5)6)32-16-25(9-10-25)15-29-22-8-7-20(13-21(22)27-24(29)26)28-11-12-31-14-23(28)30/h7-8,13,17-19H,9-12,14-16H2,1-6H3,(H2,26,27). The third kappa shape index (κ3) is 4.45. The Bertz CT molecular complexity index is 991. The molecule has 0 unspecified atom stereocenters. The van der Waals surface area contributed by atoms with Gasteiger partial charge in [-0.1, -0.05) is 41.5 Å². The number of imidazole rings is 1. The average Bonchev–Trinajstić information content (AvgIpc) is 3.45. The van der Waals surface area contributed by atoms with Crippen LogP contribution in [0.25, 0.3) is 11.0 Å². The number of aromatic nitrogens is 2. The van der Waals surface area contributed by atoms with Crippen LogP contribution in [0.2, 0.25) is 16.6 Å². The normalized spacial score (nSPS) is 18.8. The van der Waals surface area contributed by atoms with E-state index in [0.717, 1.165) is 42.7 Å². The van der Waals surface area contributed by atoms with E-state index in [0.29, 0.717) is 35.7 Å². The van der Waals surface area contributed by atoms with E-state index in [-0.39, 0.29) is 17.9 Å². The number of carbonyl (C=O) groups is 1. The molecule has 2 aromatic rings. The van der Waals surface area contributed by atoms with Gasteiger partial charge in [0.15, 0.2) is 8.32 Å². The molecule has 1 aromatic heterocycles. The predicted molar refractivity (Wildman–Crippen MR) is 136 cm³/mol. The Morgan fingerprint density at radius 1 is 1.15 bits per heavy atom. The van der Waals surface area contributed by atoms with Gasteiger partial charge in [0, 0.05) is 30.8 Å². The Kier molecular flexibility index (Phi) is 6.64. The molecule has 1 saturated heterocycles. The van der Waals surface area contributed by atoms with Gasteiger partial charge in [-0.25, -0.2) is 4.98 Å². The molecule has 7 nitrogen and oxygen atoms in total. The first-order chi connectivity index (χ1) is 15.6. The monoisotopic (exact) mass is 472 g/mol. The second-order valence-corrected chi connectivity index (χ2v) is 16.4. The number of hydrogen-bond acceptors (Lipinski definition) is 5. The van der Waals surface area contributed by atoms with Gasteiger partial charge in [0.1, 0.15) is 6.61 Å². The van der Waals surface area contributed by atoms with Gasteiger partial charge in [0.25, 0.3) is 5.91 Å². The van der Waals surface area contributed by atoms with Crippen molar-refractivity contribution in [2.75, 3.05) is 37.0 Å². The summed E-state index contributed by atoms with van der Waals surface area (Å²) >= 11 is 0. The second kappa shape index (κ2) is 9.04. The molecule has 33 heavy (non-hydrogen) atoms. The Labute approximate surface area is 198 Å². The molecule has 1 aliphatic carbocycles. The number of fused-ring (bicyclic) bond motifs is 1. The minimum absolute atomic E-state index is 0.0183. The average molecular weight is 473 g/mol. The van der Waals surface area contributed by atoms with Crippen molar-refractivity contribution in [3.05, 3.63) is 18.2 Å². The summed E-state index contributed by atoms with van der Waals surface area (Å²) in [7, 11) is -1.90. The number of nitrogens with zero attached hydrogens (tertiary/aromatic N) is 3. The lowest BCUT2D eigenvalue weighted by molar-refractivity contribution is -0.125. The fraction of sp³-hybridized carbons (Fsp3) is 0.680. The molecule has 2 N–H and O–H groups in total. The van der Waals surface area contributed by atoms with Crippen molar-refractivity contribution in [3.63, 3.8) is 0 Å². The highest BCUT2D eigenvalue weighted by Gasteiger charge is 2.50. The maximum Gasteiger partial charge on any atom is 0.253 e. The van der Waals surface area contributed by atoms with E-state index in [1.54, 1.807) is 4.90 Å². The number of amides is 1. The van der Waals surface area contributed by atoms with E-state index in [2.05, 4.69) is 51.1 Å². The van der Waals surface area contributed by atoms with Crippen LogP contribution in [0.3, 0.4) is 0 Å². The molecular weight excluding hydrogens is 432 g/mol. The summed E-state index contributed by atoms with van der Waals surface area (Å²) in [5.74, 6) is 0.511. The van der Waals surface area contributed by atoms with Crippen molar-refractivity contribution in [2.24, 2.45) is 5.41 Å². The van der Waals surface area contributed by atoms with E-state index in [1.165, 1.54) is 0 Å². The fourth-order valence-corrected chi connectivity index (χ4v) is 11.5. The Morgan fingerprint density at radius 3 is 2.39 bits per heavy atom. The van der Waals surface area contributed by atoms with Crippen LogP contribution in [-0.2, 0) is 20.5 Å². The third-order valence-corrected chi connectivity index (χ3v) is 13.9. The number of anilines is 2. The summed E-state index contributed by atoms with van der Waals surface area (Å²) in [6, 6.07) is 6.01. The predicted octanol–water partition coefficient (Wildman–Crippen LogP) is 4.95. The lowest BCUT2D eigenvalue weighted by Gasteiger charge is -2.43. The highest BCUT2D eigenvalue weighted by molar-refractivity contribution is 6.77. The number of morpholine rings is 1. The summed E-state index contributed by atoms with van der Waals surface area (Å²) in [5.41, 5.74) is 11.0. The number of nitrogen functional groups attached to an aromatic ring is 1. The highest BCUT2D eigenvalue weighted by Crippen LogP contribution is 2.51. The second-order valence-electron chi connectivity index (χ2n) is 10.9. The molecule has 1 aromatic carbocycles. The van der Waals surface area contributed by atoms with Crippen molar-refractivity contribution in [2.45, 2.75) is 77.6 Å². The van der Waals surface area contributed by atoms with Crippen molar-refractivity contribution < 1.29 is 14.0 Å². The maximum absolute atomic E-state index is 12.2. The minimum atomic E-state index is -1.90. The first-order valence-corrected chi connectivity index (χ1v) is 14.5. The molecule has 0 radical (unpaired) electrons. The first kappa shape index (κ1) is 24.2. The van der Waals surface area contributed by atoms with Gasteiger partial charge >= 0.3 is 0 Å². The molecule has 1 aliphatic heterocycles. The van der Waals surface area contributed by atoms with E-state index >= 15 is 0 Å². The molecular formula is C25H40N4O3Si. The van der Waals surface area contributed by atoms with Gasteiger partial charge in [-0.3, -0.25) is 4.79 Å². The summed E-state index contributed by atoms with van der Waals surface area (Å²) in [4.78, 5) is 18.6. The molecule has 0 spiro atoms. The molecule has 2 heterocycles. The van der Waals surface area contributed by atoms with Crippen LogP contribution in [0.15, 0.2) is 18.2 Å². The van der Waals surface area contributed by atoms with Crippen LogP contribution in [0.1, 0.15) is 54.4 Å². The van der Waals surface area contributed by atoms with E-state index in [9.17, 15) is 4.79 Å². The van der Waals surface area contributed by atoms with Crippen LogP contribution < -0.4 is 10.6 Å².